The van der Waals surface area contributed by atoms with Gasteiger partial charge in [0.05, 0.1) is 22.4 Å². The van der Waals surface area contributed by atoms with Crippen LogP contribution in [-0.4, -0.2) is 54.0 Å². The van der Waals surface area contributed by atoms with E-state index in [0.717, 1.165) is 22.5 Å². The number of aromatic nitrogens is 1. The Hall–Kier alpha value is -2.87. The smallest absolute Gasteiger partial charge is 0.417 e. The molecule has 1 aliphatic heterocycles. The van der Waals surface area contributed by atoms with Gasteiger partial charge in [0.15, 0.2) is 0 Å². The fourth-order valence-corrected chi connectivity index (χ4v) is 5.98. The van der Waals surface area contributed by atoms with Crippen LogP contribution in [0.15, 0.2) is 41.4 Å². The second kappa shape index (κ2) is 9.30. The summed E-state index contributed by atoms with van der Waals surface area (Å²) in [5, 5.41) is 8.97. The molecular weight excluding hydrogens is 504 g/mol. The normalized spacial score (nSPS) is 20.2. The average Bonchev–Trinajstić information content (AvgIpc) is 2.71. The van der Waals surface area contributed by atoms with Crippen molar-refractivity contribution in [3.8, 4) is 0 Å². The van der Waals surface area contributed by atoms with Crippen LogP contribution < -0.4 is 4.90 Å². The van der Waals surface area contributed by atoms with Crippen molar-refractivity contribution in [1.29, 1.82) is 0 Å². The van der Waals surface area contributed by atoms with E-state index in [1.807, 2.05) is 0 Å². The number of benzene rings is 1. The number of hydrogen-bond acceptors (Lipinski definition) is 5. The summed E-state index contributed by atoms with van der Waals surface area (Å²) in [6.07, 6.45) is -9.60. The highest BCUT2D eigenvalue weighted by Crippen LogP contribution is 2.35. The van der Waals surface area contributed by atoms with Crippen molar-refractivity contribution in [1.82, 2.24) is 9.29 Å². The summed E-state index contributed by atoms with van der Waals surface area (Å²) in [7, 11) is -4.49. The van der Waals surface area contributed by atoms with Crippen LogP contribution in [0.25, 0.3) is 0 Å². The Labute approximate surface area is 197 Å². The Bertz CT molecular complexity index is 1190. The molecule has 2 unspecified atom stereocenters. The van der Waals surface area contributed by atoms with E-state index in [1.165, 1.54) is 13.8 Å². The van der Waals surface area contributed by atoms with Crippen LogP contribution in [0.5, 0.6) is 0 Å². The van der Waals surface area contributed by atoms with Crippen molar-refractivity contribution in [3.63, 3.8) is 0 Å². The lowest BCUT2D eigenvalue weighted by Gasteiger charge is -2.43. The molecule has 0 aliphatic carbocycles. The number of halogens is 6. The molecule has 2 aromatic rings. The molecule has 1 fully saturated rings. The molecule has 0 spiro atoms. The van der Waals surface area contributed by atoms with E-state index in [2.05, 4.69) is 4.98 Å². The summed E-state index contributed by atoms with van der Waals surface area (Å²) >= 11 is 0. The minimum atomic E-state index is -4.90. The molecule has 7 nitrogen and oxygen atoms in total. The van der Waals surface area contributed by atoms with E-state index in [-0.39, 0.29) is 24.5 Å². The molecule has 0 bridgehead atoms. The predicted molar refractivity (Wildman–Crippen MR) is 112 cm³/mol. The molecule has 1 aromatic heterocycles. The fraction of sp³-hybridized carbons (Fsp3) is 0.429. The number of rotatable bonds is 5. The number of alkyl halides is 6. The minimum absolute atomic E-state index is 0.0167. The van der Waals surface area contributed by atoms with E-state index in [1.54, 1.807) is 4.90 Å². The second-order valence-electron chi connectivity index (χ2n) is 8.27. The number of sulfonamides is 1. The molecule has 2 atom stereocenters. The summed E-state index contributed by atoms with van der Waals surface area (Å²) in [6, 6.07) is 2.40. The van der Waals surface area contributed by atoms with Gasteiger partial charge in [0, 0.05) is 31.4 Å². The van der Waals surface area contributed by atoms with Gasteiger partial charge >= 0.3 is 18.3 Å². The Kier molecular flexibility index (Phi) is 7.10. The highest BCUT2D eigenvalue weighted by molar-refractivity contribution is 7.89. The van der Waals surface area contributed by atoms with Crippen LogP contribution in [0.1, 0.15) is 30.5 Å². The topological polar surface area (TPSA) is 90.8 Å². The van der Waals surface area contributed by atoms with Gasteiger partial charge in [-0.15, -0.1) is 0 Å². The highest BCUT2D eigenvalue weighted by atomic mass is 32.2. The summed E-state index contributed by atoms with van der Waals surface area (Å²) in [5.74, 6) is -1.23. The second-order valence-corrected chi connectivity index (χ2v) is 10.1. The SMILES string of the molecule is CC1CN(c2ccc(C(F)(F)F)cn2)CC(C)N1S(=O)(=O)c1cc(CC(=O)O)cc(C(F)(F)F)c1. The zero-order valence-electron chi connectivity index (χ0n) is 18.4. The Morgan fingerprint density at radius 3 is 2.03 bits per heavy atom. The zero-order chi connectivity index (χ0) is 26.3. The maximum Gasteiger partial charge on any atom is 0.417 e. The molecule has 0 saturated carbocycles. The number of nitrogens with zero attached hydrogens (tertiary/aromatic N) is 3. The molecular formula is C21H21F6N3O4S. The number of aliphatic carboxylic acids is 1. The quantitative estimate of drug-likeness (QED) is 0.593. The van der Waals surface area contributed by atoms with E-state index in [0.29, 0.717) is 18.3 Å². The summed E-state index contributed by atoms with van der Waals surface area (Å²) in [4.78, 5) is 15.7. The van der Waals surface area contributed by atoms with Crippen molar-refractivity contribution in [2.45, 2.75) is 49.6 Å². The Morgan fingerprint density at radius 1 is 1.00 bits per heavy atom. The van der Waals surface area contributed by atoms with Crippen LogP contribution in [0.4, 0.5) is 32.2 Å². The number of anilines is 1. The number of carboxylic acid groups (broad SMARTS) is 1. The van der Waals surface area contributed by atoms with Crippen LogP contribution in [0.3, 0.4) is 0 Å². The number of piperazine rings is 1. The predicted octanol–water partition coefficient (Wildman–Crippen LogP) is 4.03. The largest absolute Gasteiger partial charge is 0.481 e. The standard InChI is InChI=1S/C21H21F6N3O4S/c1-12-10-29(18-4-3-15(9-28-18)20(22,23)24)11-13(2)30(12)35(33,34)17-6-14(7-19(31)32)5-16(8-17)21(25,26)27/h3-6,8-9,12-13H,7,10-11H2,1-2H3,(H,31,32). The first-order chi connectivity index (χ1) is 16.0. The van der Waals surface area contributed by atoms with Gasteiger partial charge in [-0.05, 0) is 49.7 Å². The van der Waals surface area contributed by atoms with Gasteiger partial charge in [0.25, 0.3) is 0 Å². The number of carboxylic acids is 1. The van der Waals surface area contributed by atoms with Crippen LogP contribution in [-0.2, 0) is 33.6 Å². The van der Waals surface area contributed by atoms with Gasteiger partial charge in [-0.2, -0.15) is 30.6 Å². The Morgan fingerprint density at radius 2 is 1.57 bits per heavy atom. The molecule has 1 aliphatic rings. The lowest BCUT2D eigenvalue weighted by molar-refractivity contribution is -0.139. The average molecular weight is 525 g/mol. The number of pyridine rings is 1. The van der Waals surface area contributed by atoms with Gasteiger partial charge < -0.3 is 10.0 Å². The van der Waals surface area contributed by atoms with Gasteiger partial charge in [0.1, 0.15) is 5.82 Å². The summed E-state index contributed by atoms with van der Waals surface area (Å²) in [6.45, 7) is 3.05. The third-order valence-corrected chi connectivity index (χ3v) is 7.57. The van der Waals surface area contributed by atoms with Crippen molar-refractivity contribution in [2.24, 2.45) is 0 Å². The van der Waals surface area contributed by atoms with Crippen molar-refractivity contribution < 1.29 is 44.7 Å². The maximum atomic E-state index is 13.4. The zero-order valence-corrected chi connectivity index (χ0v) is 19.2. The van der Waals surface area contributed by atoms with Crippen molar-refractivity contribution in [2.75, 3.05) is 18.0 Å². The molecule has 1 saturated heterocycles. The van der Waals surface area contributed by atoms with Gasteiger partial charge in [-0.3, -0.25) is 4.79 Å². The first-order valence-corrected chi connectivity index (χ1v) is 11.7. The summed E-state index contributed by atoms with van der Waals surface area (Å²) < 4.78 is 106. The molecule has 14 heteroatoms. The summed E-state index contributed by atoms with van der Waals surface area (Å²) in [5.41, 5.74) is -2.55. The van der Waals surface area contributed by atoms with E-state index in [9.17, 15) is 39.6 Å². The first-order valence-electron chi connectivity index (χ1n) is 10.2. The molecule has 2 heterocycles. The molecule has 192 valence electrons. The molecule has 1 aromatic carbocycles. The molecule has 1 N–H and O–H groups in total. The van der Waals surface area contributed by atoms with E-state index >= 15 is 0 Å². The third kappa shape index (κ3) is 5.86. The van der Waals surface area contributed by atoms with Crippen molar-refractivity contribution in [3.05, 3.63) is 53.2 Å². The third-order valence-electron chi connectivity index (χ3n) is 5.46. The number of hydrogen-bond donors (Lipinski definition) is 1. The van der Waals surface area contributed by atoms with Gasteiger partial charge in [-0.25, -0.2) is 13.4 Å². The Balaban J connectivity index is 1.92. The highest BCUT2D eigenvalue weighted by Gasteiger charge is 2.41. The molecule has 0 amide bonds. The van der Waals surface area contributed by atoms with Gasteiger partial charge in [-0.1, -0.05) is 0 Å². The lowest BCUT2D eigenvalue weighted by Crippen LogP contribution is -2.58. The van der Waals surface area contributed by atoms with Crippen molar-refractivity contribution >= 4 is 21.8 Å². The van der Waals surface area contributed by atoms with Crippen LogP contribution in [0, 0.1) is 0 Å². The first kappa shape index (κ1) is 26.7. The molecule has 3 rings (SSSR count). The van der Waals surface area contributed by atoms with Crippen LogP contribution in [0.2, 0.25) is 0 Å². The molecule has 35 heavy (non-hydrogen) atoms. The maximum absolute atomic E-state index is 13.4. The fourth-order valence-electron chi connectivity index (χ4n) is 4.08. The minimum Gasteiger partial charge on any atom is -0.481 e. The van der Waals surface area contributed by atoms with Gasteiger partial charge in [0.2, 0.25) is 10.0 Å². The van der Waals surface area contributed by atoms with E-state index < -0.39 is 62.9 Å². The van der Waals surface area contributed by atoms with Crippen LogP contribution >= 0.6 is 0 Å². The number of carbonyl (C=O) groups is 1. The monoisotopic (exact) mass is 525 g/mol. The van der Waals surface area contributed by atoms with E-state index in [4.69, 9.17) is 5.11 Å². The lowest BCUT2D eigenvalue weighted by atomic mass is 10.1. The molecule has 0 radical (unpaired) electrons.